The van der Waals surface area contributed by atoms with Crippen molar-refractivity contribution in [3.8, 4) is 0 Å². The van der Waals surface area contributed by atoms with Gasteiger partial charge in [-0.1, -0.05) is 13.3 Å². The molecular formula is C10H18N4O. The van der Waals surface area contributed by atoms with Crippen LogP contribution in [0.5, 0.6) is 0 Å². The number of nitrogens with one attached hydrogen (secondary N) is 2. The van der Waals surface area contributed by atoms with E-state index in [-0.39, 0.29) is 11.9 Å². The lowest BCUT2D eigenvalue weighted by molar-refractivity contribution is -0.121. The lowest BCUT2D eigenvalue weighted by Gasteiger charge is -2.09. The summed E-state index contributed by atoms with van der Waals surface area (Å²) in [6.45, 7) is 2.49. The third-order valence-corrected chi connectivity index (χ3v) is 2.11. The Kier molecular flexibility index (Phi) is 4.83. The summed E-state index contributed by atoms with van der Waals surface area (Å²) in [6, 6.07) is -0.0356. The summed E-state index contributed by atoms with van der Waals surface area (Å²) in [4.78, 5) is 18.3. The third kappa shape index (κ3) is 4.60. The number of imidazole rings is 1. The van der Waals surface area contributed by atoms with Crippen molar-refractivity contribution >= 4 is 5.91 Å². The first kappa shape index (κ1) is 11.7. The highest BCUT2D eigenvalue weighted by molar-refractivity contribution is 5.76. The molecular weight excluding hydrogens is 192 g/mol. The van der Waals surface area contributed by atoms with E-state index in [1.807, 2.05) is 0 Å². The lowest BCUT2D eigenvalue weighted by atomic mass is 10.1. The van der Waals surface area contributed by atoms with Gasteiger partial charge in [0.05, 0.1) is 6.54 Å². The van der Waals surface area contributed by atoms with Gasteiger partial charge < -0.3 is 16.0 Å². The van der Waals surface area contributed by atoms with Gasteiger partial charge in [-0.25, -0.2) is 4.98 Å². The number of nitrogens with two attached hydrogens (primary N) is 1. The zero-order chi connectivity index (χ0) is 11.1. The zero-order valence-electron chi connectivity index (χ0n) is 8.99. The zero-order valence-corrected chi connectivity index (χ0v) is 8.99. The smallest absolute Gasteiger partial charge is 0.221 e. The number of carbonyl (C=O) groups is 1. The second kappa shape index (κ2) is 6.19. The Morgan fingerprint density at radius 2 is 2.53 bits per heavy atom. The van der Waals surface area contributed by atoms with Crippen LogP contribution in [-0.2, 0) is 11.3 Å². The van der Waals surface area contributed by atoms with E-state index in [9.17, 15) is 4.79 Å². The van der Waals surface area contributed by atoms with Crippen LogP contribution in [0, 0.1) is 0 Å². The monoisotopic (exact) mass is 210 g/mol. The van der Waals surface area contributed by atoms with Gasteiger partial charge in [-0.3, -0.25) is 4.79 Å². The number of hydrogen-bond acceptors (Lipinski definition) is 3. The maximum absolute atomic E-state index is 11.4. The Balaban J connectivity index is 2.19. The van der Waals surface area contributed by atoms with Crippen LogP contribution in [-0.4, -0.2) is 21.9 Å². The minimum absolute atomic E-state index is 0.0210. The molecule has 4 N–H and O–H groups in total. The molecule has 84 valence electrons. The molecule has 0 aliphatic heterocycles. The molecule has 5 heteroatoms. The molecule has 0 saturated heterocycles. The maximum atomic E-state index is 11.4. The van der Waals surface area contributed by atoms with Gasteiger partial charge in [-0.15, -0.1) is 0 Å². The number of H-pyrrole nitrogens is 1. The summed E-state index contributed by atoms with van der Waals surface area (Å²) in [7, 11) is 0. The Hall–Kier alpha value is -1.36. The summed E-state index contributed by atoms with van der Waals surface area (Å²) in [5, 5.41) is 2.76. The molecule has 1 aromatic rings. The van der Waals surface area contributed by atoms with E-state index in [4.69, 9.17) is 5.73 Å². The largest absolute Gasteiger partial charge is 0.349 e. The quantitative estimate of drug-likeness (QED) is 0.641. The molecule has 0 saturated carbocycles. The average Bonchev–Trinajstić information content (AvgIpc) is 2.67. The van der Waals surface area contributed by atoms with Gasteiger partial charge in [0.25, 0.3) is 0 Å². The van der Waals surface area contributed by atoms with Crippen molar-refractivity contribution in [1.82, 2.24) is 15.3 Å². The van der Waals surface area contributed by atoms with Gasteiger partial charge in [0, 0.05) is 24.9 Å². The fourth-order valence-electron chi connectivity index (χ4n) is 1.36. The number of aromatic amines is 1. The molecule has 0 bridgehead atoms. The van der Waals surface area contributed by atoms with Gasteiger partial charge in [-0.05, 0) is 6.42 Å². The predicted molar refractivity (Wildman–Crippen MR) is 57.9 cm³/mol. The number of carbonyl (C=O) groups excluding carboxylic acids is 1. The summed E-state index contributed by atoms with van der Waals surface area (Å²) < 4.78 is 0. The molecule has 1 atom stereocenters. The molecule has 0 fully saturated rings. The molecule has 1 unspecified atom stereocenters. The molecule has 15 heavy (non-hydrogen) atoms. The summed E-state index contributed by atoms with van der Waals surface area (Å²) >= 11 is 0. The summed E-state index contributed by atoms with van der Waals surface area (Å²) in [5.74, 6) is 0.736. The SMILES string of the molecule is CCCC(N)CC(=O)NCc1ncc[nH]1. The van der Waals surface area contributed by atoms with Crippen LogP contribution in [0.4, 0.5) is 0 Å². The second-order valence-electron chi connectivity index (χ2n) is 3.57. The highest BCUT2D eigenvalue weighted by Gasteiger charge is 2.08. The highest BCUT2D eigenvalue weighted by Crippen LogP contribution is 1.98. The first-order chi connectivity index (χ1) is 7.22. The minimum Gasteiger partial charge on any atom is -0.349 e. The molecule has 0 aliphatic rings. The van der Waals surface area contributed by atoms with E-state index < -0.39 is 0 Å². The van der Waals surface area contributed by atoms with E-state index in [2.05, 4.69) is 22.2 Å². The first-order valence-corrected chi connectivity index (χ1v) is 5.23. The molecule has 1 heterocycles. The number of nitrogens with zero attached hydrogens (tertiary/aromatic N) is 1. The van der Waals surface area contributed by atoms with Crippen LogP contribution in [0.25, 0.3) is 0 Å². The topological polar surface area (TPSA) is 83.8 Å². The van der Waals surface area contributed by atoms with Crippen LogP contribution < -0.4 is 11.1 Å². The average molecular weight is 210 g/mol. The standard InChI is InChI=1S/C10H18N4O/c1-2-3-8(11)6-10(15)14-7-9-12-4-5-13-9/h4-5,8H,2-3,6-7,11H2,1H3,(H,12,13)(H,14,15). The number of rotatable bonds is 6. The van der Waals surface area contributed by atoms with Gasteiger partial charge in [0.15, 0.2) is 0 Å². The molecule has 0 aromatic carbocycles. The lowest BCUT2D eigenvalue weighted by Crippen LogP contribution is -2.31. The number of aromatic nitrogens is 2. The first-order valence-electron chi connectivity index (χ1n) is 5.23. The second-order valence-corrected chi connectivity index (χ2v) is 3.57. The summed E-state index contributed by atoms with van der Waals surface area (Å²) in [6.07, 6.45) is 5.66. The van der Waals surface area contributed by atoms with Gasteiger partial charge in [0.2, 0.25) is 5.91 Å². The number of amides is 1. The maximum Gasteiger partial charge on any atom is 0.221 e. The fraction of sp³-hybridized carbons (Fsp3) is 0.600. The van der Waals surface area contributed by atoms with Crippen LogP contribution in [0.3, 0.4) is 0 Å². The number of hydrogen-bond donors (Lipinski definition) is 3. The molecule has 1 amide bonds. The molecule has 5 nitrogen and oxygen atoms in total. The van der Waals surface area contributed by atoms with E-state index >= 15 is 0 Å². The van der Waals surface area contributed by atoms with E-state index in [0.29, 0.717) is 13.0 Å². The van der Waals surface area contributed by atoms with Crippen molar-refractivity contribution in [2.45, 2.75) is 38.8 Å². The molecule has 0 aliphatic carbocycles. The normalized spacial score (nSPS) is 12.4. The Labute approximate surface area is 89.5 Å². The van der Waals surface area contributed by atoms with Crippen molar-refractivity contribution in [3.05, 3.63) is 18.2 Å². The summed E-state index contributed by atoms with van der Waals surface area (Å²) in [5.41, 5.74) is 5.75. The van der Waals surface area contributed by atoms with Crippen molar-refractivity contribution < 1.29 is 4.79 Å². The fourth-order valence-corrected chi connectivity index (χ4v) is 1.36. The molecule has 0 spiro atoms. The minimum atomic E-state index is -0.0356. The third-order valence-electron chi connectivity index (χ3n) is 2.11. The van der Waals surface area contributed by atoms with Crippen molar-refractivity contribution in [1.29, 1.82) is 0 Å². The van der Waals surface area contributed by atoms with Gasteiger partial charge >= 0.3 is 0 Å². The predicted octanol–water partition coefficient (Wildman–Crippen LogP) is 0.543. The van der Waals surface area contributed by atoms with E-state index in [1.165, 1.54) is 0 Å². The highest BCUT2D eigenvalue weighted by atomic mass is 16.1. The molecule has 0 radical (unpaired) electrons. The van der Waals surface area contributed by atoms with Crippen LogP contribution in [0.2, 0.25) is 0 Å². The van der Waals surface area contributed by atoms with Crippen LogP contribution in [0.15, 0.2) is 12.4 Å². The van der Waals surface area contributed by atoms with Crippen LogP contribution in [0.1, 0.15) is 32.0 Å². The Morgan fingerprint density at radius 1 is 1.73 bits per heavy atom. The Morgan fingerprint density at radius 3 is 3.13 bits per heavy atom. The molecule has 1 aromatic heterocycles. The van der Waals surface area contributed by atoms with Crippen molar-refractivity contribution in [3.63, 3.8) is 0 Å². The van der Waals surface area contributed by atoms with Crippen LogP contribution >= 0.6 is 0 Å². The van der Waals surface area contributed by atoms with Crippen molar-refractivity contribution in [2.75, 3.05) is 0 Å². The van der Waals surface area contributed by atoms with Crippen molar-refractivity contribution in [2.24, 2.45) is 5.73 Å². The Bertz CT molecular complexity index is 284. The van der Waals surface area contributed by atoms with Gasteiger partial charge in [-0.2, -0.15) is 0 Å². The van der Waals surface area contributed by atoms with Gasteiger partial charge in [0.1, 0.15) is 5.82 Å². The molecule has 1 rings (SSSR count). The van der Waals surface area contributed by atoms with E-state index in [0.717, 1.165) is 18.7 Å². The van der Waals surface area contributed by atoms with E-state index in [1.54, 1.807) is 12.4 Å².